The molecular formula is C10H11BrClNO2. The van der Waals surface area contributed by atoms with Crippen LogP contribution in [0.3, 0.4) is 0 Å². The Morgan fingerprint density at radius 1 is 1.53 bits per heavy atom. The highest BCUT2D eigenvalue weighted by Crippen LogP contribution is 2.31. The topological polar surface area (TPSA) is 43.1 Å². The lowest BCUT2D eigenvalue weighted by molar-refractivity contribution is -0.385. The molecule has 0 unspecified atom stereocenters. The maximum atomic E-state index is 10.8. The summed E-state index contributed by atoms with van der Waals surface area (Å²) in [7, 11) is 0. The molecule has 1 rings (SSSR count). The van der Waals surface area contributed by atoms with Gasteiger partial charge in [0.1, 0.15) is 0 Å². The number of benzene rings is 1. The predicted octanol–water partition coefficient (Wildman–Crippen LogP) is 4.21. The van der Waals surface area contributed by atoms with E-state index in [0.29, 0.717) is 27.4 Å². The Labute approximate surface area is 102 Å². The molecule has 0 atom stereocenters. The molecule has 0 aliphatic heterocycles. The van der Waals surface area contributed by atoms with E-state index in [1.165, 1.54) is 6.07 Å². The van der Waals surface area contributed by atoms with Gasteiger partial charge in [0.05, 0.1) is 9.95 Å². The smallest absolute Gasteiger partial charge is 0.258 e. The van der Waals surface area contributed by atoms with E-state index in [4.69, 9.17) is 11.6 Å². The lowest BCUT2D eigenvalue weighted by Crippen LogP contribution is -2.00. The lowest BCUT2D eigenvalue weighted by Gasteiger charge is -2.07. The average molecular weight is 293 g/mol. The van der Waals surface area contributed by atoms with Gasteiger partial charge in [-0.05, 0) is 34.3 Å². The minimum absolute atomic E-state index is 0.0944. The fourth-order valence-corrected chi connectivity index (χ4v) is 1.90. The maximum Gasteiger partial charge on any atom is 0.274 e. The van der Waals surface area contributed by atoms with Crippen LogP contribution >= 0.6 is 27.5 Å². The summed E-state index contributed by atoms with van der Waals surface area (Å²) in [6, 6.07) is 3.11. The van der Waals surface area contributed by atoms with Crippen LogP contribution in [0, 0.1) is 16.0 Å². The highest BCUT2D eigenvalue weighted by atomic mass is 79.9. The summed E-state index contributed by atoms with van der Waals surface area (Å²) in [5.41, 5.74) is 0.808. The van der Waals surface area contributed by atoms with Crippen molar-refractivity contribution in [3.63, 3.8) is 0 Å². The normalized spacial score (nSPS) is 10.7. The molecule has 82 valence electrons. The van der Waals surface area contributed by atoms with Gasteiger partial charge >= 0.3 is 0 Å². The minimum Gasteiger partial charge on any atom is -0.258 e. The lowest BCUT2D eigenvalue weighted by atomic mass is 10.0. The van der Waals surface area contributed by atoms with Gasteiger partial charge in [0.15, 0.2) is 0 Å². The summed E-state index contributed by atoms with van der Waals surface area (Å²) in [6.07, 6.45) is 0.673. The number of rotatable bonds is 3. The first kappa shape index (κ1) is 12.5. The van der Waals surface area contributed by atoms with Crippen molar-refractivity contribution in [2.45, 2.75) is 20.3 Å². The van der Waals surface area contributed by atoms with Crippen LogP contribution < -0.4 is 0 Å². The van der Waals surface area contributed by atoms with Crippen LogP contribution in [-0.4, -0.2) is 4.92 Å². The van der Waals surface area contributed by atoms with E-state index in [1.807, 2.05) is 13.8 Å². The molecule has 0 aromatic heterocycles. The van der Waals surface area contributed by atoms with Gasteiger partial charge in [0, 0.05) is 16.1 Å². The van der Waals surface area contributed by atoms with Crippen molar-refractivity contribution >= 4 is 33.2 Å². The second-order valence-corrected chi connectivity index (χ2v) is 5.01. The molecule has 0 aliphatic carbocycles. The molecule has 0 radical (unpaired) electrons. The Morgan fingerprint density at radius 3 is 2.60 bits per heavy atom. The number of nitro benzene ring substituents is 1. The SMILES string of the molecule is CC(C)Cc1cc(Br)c(Cl)cc1[N+](=O)[O-]. The fraction of sp³-hybridized carbons (Fsp3) is 0.400. The molecule has 3 nitrogen and oxygen atoms in total. The second kappa shape index (κ2) is 4.94. The molecule has 0 heterocycles. The van der Waals surface area contributed by atoms with E-state index in [9.17, 15) is 10.1 Å². The Balaban J connectivity index is 3.22. The zero-order chi connectivity index (χ0) is 11.6. The van der Waals surface area contributed by atoms with Gasteiger partial charge in [-0.15, -0.1) is 0 Å². The molecule has 0 bridgehead atoms. The van der Waals surface area contributed by atoms with Crippen molar-refractivity contribution in [1.82, 2.24) is 0 Å². The van der Waals surface area contributed by atoms with E-state index >= 15 is 0 Å². The quantitative estimate of drug-likeness (QED) is 0.618. The van der Waals surface area contributed by atoms with Crippen LogP contribution in [0.2, 0.25) is 5.02 Å². The maximum absolute atomic E-state index is 10.8. The summed E-state index contributed by atoms with van der Waals surface area (Å²) in [4.78, 5) is 10.4. The van der Waals surface area contributed by atoms with Crippen molar-refractivity contribution in [1.29, 1.82) is 0 Å². The van der Waals surface area contributed by atoms with Gasteiger partial charge in [0.25, 0.3) is 5.69 Å². The molecule has 5 heteroatoms. The summed E-state index contributed by atoms with van der Waals surface area (Å²) in [5.74, 6) is 0.372. The van der Waals surface area contributed by atoms with Crippen molar-refractivity contribution < 1.29 is 4.92 Å². The molecular weight excluding hydrogens is 281 g/mol. The van der Waals surface area contributed by atoms with Crippen molar-refractivity contribution in [2.24, 2.45) is 5.92 Å². The average Bonchev–Trinajstić information content (AvgIpc) is 2.09. The van der Waals surface area contributed by atoms with Gasteiger partial charge in [-0.1, -0.05) is 25.4 Å². The summed E-state index contributed by atoms with van der Waals surface area (Å²) < 4.78 is 0.699. The number of nitro groups is 1. The van der Waals surface area contributed by atoms with Crippen LogP contribution in [0.4, 0.5) is 5.69 Å². The van der Waals surface area contributed by atoms with E-state index in [1.54, 1.807) is 6.07 Å². The van der Waals surface area contributed by atoms with Gasteiger partial charge in [0.2, 0.25) is 0 Å². The molecule has 0 N–H and O–H groups in total. The molecule has 0 saturated carbocycles. The van der Waals surface area contributed by atoms with E-state index in [0.717, 1.165) is 0 Å². The second-order valence-electron chi connectivity index (χ2n) is 3.75. The van der Waals surface area contributed by atoms with Crippen LogP contribution in [0.15, 0.2) is 16.6 Å². The summed E-state index contributed by atoms with van der Waals surface area (Å²) in [5, 5.41) is 11.2. The number of hydrogen-bond acceptors (Lipinski definition) is 2. The van der Waals surface area contributed by atoms with Crippen LogP contribution in [0.5, 0.6) is 0 Å². The molecule has 0 spiro atoms. The van der Waals surface area contributed by atoms with E-state index in [-0.39, 0.29) is 5.69 Å². The Kier molecular flexibility index (Phi) is 4.11. The zero-order valence-corrected chi connectivity index (χ0v) is 10.8. The third-order valence-corrected chi connectivity index (χ3v) is 3.14. The Hall–Kier alpha value is -0.610. The number of nitrogens with zero attached hydrogens (tertiary/aromatic N) is 1. The van der Waals surface area contributed by atoms with Crippen LogP contribution in [0.25, 0.3) is 0 Å². The summed E-state index contributed by atoms with van der Waals surface area (Å²) >= 11 is 9.08. The van der Waals surface area contributed by atoms with E-state index in [2.05, 4.69) is 15.9 Å². The monoisotopic (exact) mass is 291 g/mol. The standard InChI is InChI=1S/C10H11BrClNO2/c1-6(2)3-7-4-8(11)9(12)5-10(7)13(14)15/h4-6H,3H2,1-2H3. The molecule has 15 heavy (non-hydrogen) atoms. The first-order valence-corrected chi connectivity index (χ1v) is 5.71. The molecule has 0 aliphatic rings. The van der Waals surface area contributed by atoms with E-state index < -0.39 is 4.92 Å². The van der Waals surface area contributed by atoms with Gasteiger partial charge in [-0.25, -0.2) is 0 Å². The van der Waals surface area contributed by atoms with Gasteiger partial charge in [-0.2, -0.15) is 0 Å². The van der Waals surface area contributed by atoms with Gasteiger partial charge in [-0.3, -0.25) is 10.1 Å². The Bertz CT molecular complexity index is 393. The first-order valence-electron chi connectivity index (χ1n) is 4.54. The highest BCUT2D eigenvalue weighted by molar-refractivity contribution is 9.10. The minimum atomic E-state index is -0.393. The molecule has 0 saturated heterocycles. The fourth-order valence-electron chi connectivity index (χ4n) is 1.35. The Morgan fingerprint density at radius 2 is 2.13 bits per heavy atom. The van der Waals surface area contributed by atoms with Crippen LogP contribution in [0.1, 0.15) is 19.4 Å². The number of halogens is 2. The van der Waals surface area contributed by atoms with Crippen LogP contribution in [-0.2, 0) is 6.42 Å². The summed E-state index contributed by atoms with van der Waals surface area (Å²) in [6.45, 7) is 4.04. The largest absolute Gasteiger partial charge is 0.274 e. The van der Waals surface area contributed by atoms with Gasteiger partial charge < -0.3 is 0 Å². The first-order chi connectivity index (χ1) is 6.91. The molecule has 1 aromatic rings. The van der Waals surface area contributed by atoms with Crippen molar-refractivity contribution in [3.05, 3.63) is 37.3 Å². The highest BCUT2D eigenvalue weighted by Gasteiger charge is 2.17. The van der Waals surface area contributed by atoms with Crippen molar-refractivity contribution in [2.75, 3.05) is 0 Å². The zero-order valence-electron chi connectivity index (χ0n) is 8.46. The molecule has 0 amide bonds. The third kappa shape index (κ3) is 3.18. The number of hydrogen-bond donors (Lipinski definition) is 0. The van der Waals surface area contributed by atoms with Crippen molar-refractivity contribution in [3.8, 4) is 0 Å². The molecule has 0 fully saturated rings. The predicted molar refractivity (Wildman–Crippen MR) is 64.3 cm³/mol. The molecule has 1 aromatic carbocycles. The third-order valence-electron chi connectivity index (χ3n) is 1.95.